The van der Waals surface area contributed by atoms with Crippen molar-refractivity contribution in [3.8, 4) is 17.0 Å². The van der Waals surface area contributed by atoms with Crippen molar-refractivity contribution in [2.45, 2.75) is 24.7 Å². The maximum atomic E-state index is 13.0. The number of benzene rings is 2. The van der Waals surface area contributed by atoms with Crippen molar-refractivity contribution in [2.24, 2.45) is 5.92 Å². The first-order valence-corrected chi connectivity index (χ1v) is 12.9. The Labute approximate surface area is 209 Å². The summed E-state index contributed by atoms with van der Waals surface area (Å²) in [7, 11) is -2.31. The first-order chi connectivity index (χ1) is 17.2. The summed E-state index contributed by atoms with van der Waals surface area (Å²) in [5.74, 6) is 0.430. The van der Waals surface area contributed by atoms with Gasteiger partial charge in [0.25, 0.3) is 10.0 Å². The third kappa shape index (κ3) is 5.98. The number of ether oxygens (including phenoxy) is 1. The minimum Gasteiger partial charge on any atom is -0.497 e. The monoisotopic (exact) mass is 509 g/mol. The average Bonchev–Trinajstić information content (AvgIpc) is 2.88. The number of amides is 2. The molecule has 0 bridgehead atoms. The maximum Gasteiger partial charge on any atom is 0.264 e. The smallest absolute Gasteiger partial charge is 0.264 e. The summed E-state index contributed by atoms with van der Waals surface area (Å²) in [4.78, 5) is 34.9. The molecule has 0 spiro atoms. The highest BCUT2D eigenvalue weighted by Crippen LogP contribution is 2.27. The van der Waals surface area contributed by atoms with E-state index < -0.39 is 15.9 Å². The fourth-order valence-electron chi connectivity index (χ4n) is 4.05. The number of nitrogens with one attached hydrogen (secondary N) is 2. The lowest BCUT2D eigenvalue weighted by atomic mass is 9.97. The minimum atomic E-state index is -3.93. The van der Waals surface area contributed by atoms with Gasteiger partial charge in [-0.25, -0.2) is 23.1 Å². The molecule has 11 heteroatoms. The topological polar surface area (TPSA) is 131 Å². The number of nitrogens with zero attached hydrogens (tertiary/aromatic N) is 3. The van der Waals surface area contributed by atoms with Gasteiger partial charge in [-0.05, 0) is 61.4 Å². The summed E-state index contributed by atoms with van der Waals surface area (Å²) in [6, 6.07) is 15.2. The molecule has 0 aliphatic carbocycles. The number of rotatable bonds is 7. The molecule has 2 amide bonds. The lowest BCUT2D eigenvalue weighted by Gasteiger charge is -2.33. The number of aromatic nitrogens is 2. The molecule has 1 saturated heterocycles. The van der Waals surface area contributed by atoms with Gasteiger partial charge >= 0.3 is 0 Å². The van der Waals surface area contributed by atoms with Gasteiger partial charge in [0.1, 0.15) is 17.9 Å². The number of hydrogen-bond acceptors (Lipinski definition) is 8. The van der Waals surface area contributed by atoms with E-state index in [0.717, 1.165) is 49.1 Å². The summed E-state index contributed by atoms with van der Waals surface area (Å²) in [5.41, 5.74) is 2.20. The van der Waals surface area contributed by atoms with Crippen LogP contribution < -0.4 is 19.7 Å². The van der Waals surface area contributed by atoms with Crippen LogP contribution in [0.4, 0.5) is 11.5 Å². The van der Waals surface area contributed by atoms with Crippen LogP contribution in [0.3, 0.4) is 0 Å². The van der Waals surface area contributed by atoms with Crippen LogP contribution in [0, 0.1) is 5.92 Å². The third-order valence-electron chi connectivity index (χ3n) is 5.86. The molecule has 36 heavy (non-hydrogen) atoms. The fourth-order valence-corrected chi connectivity index (χ4v) is 5.04. The SMILES string of the molecule is COc1ccc(-c2cc(N3CCCC(C(=O)Nc4ccc(S(=O)(=O)NC(C)=O)cc4)C3)ncn2)cc1. The average molecular weight is 510 g/mol. The van der Waals surface area contributed by atoms with E-state index in [9.17, 15) is 18.0 Å². The van der Waals surface area contributed by atoms with Gasteiger partial charge < -0.3 is 15.0 Å². The van der Waals surface area contributed by atoms with E-state index in [-0.39, 0.29) is 16.7 Å². The molecule has 1 aliphatic rings. The van der Waals surface area contributed by atoms with Gasteiger partial charge in [0, 0.05) is 37.3 Å². The Morgan fingerprint density at radius 3 is 2.44 bits per heavy atom. The molecule has 1 atom stereocenters. The third-order valence-corrected chi connectivity index (χ3v) is 7.31. The Kier molecular flexibility index (Phi) is 7.49. The van der Waals surface area contributed by atoms with Gasteiger partial charge in [-0.15, -0.1) is 0 Å². The number of methoxy groups -OCH3 is 1. The van der Waals surface area contributed by atoms with Crippen LogP contribution in [0.15, 0.2) is 65.8 Å². The van der Waals surface area contributed by atoms with Crippen molar-refractivity contribution in [1.82, 2.24) is 14.7 Å². The van der Waals surface area contributed by atoms with Crippen LogP contribution in [0.1, 0.15) is 19.8 Å². The van der Waals surface area contributed by atoms with E-state index in [2.05, 4.69) is 20.2 Å². The van der Waals surface area contributed by atoms with Gasteiger partial charge in [-0.1, -0.05) is 0 Å². The molecule has 1 aliphatic heterocycles. The van der Waals surface area contributed by atoms with Crippen LogP contribution in [0.2, 0.25) is 0 Å². The Morgan fingerprint density at radius 2 is 1.78 bits per heavy atom. The first-order valence-electron chi connectivity index (χ1n) is 11.4. The molecule has 4 rings (SSSR count). The Morgan fingerprint density at radius 1 is 1.06 bits per heavy atom. The zero-order valence-electron chi connectivity index (χ0n) is 20.0. The zero-order chi connectivity index (χ0) is 25.7. The number of piperidine rings is 1. The standard InChI is InChI=1S/C25H27N5O5S/c1-17(31)29-36(33,34)22-11-7-20(8-12-22)28-25(32)19-4-3-13-30(15-19)24-14-23(26-16-27-24)18-5-9-21(35-2)10-6-18/h5-12,14,16,19H,3-4,13,15H2,1-2H3,(H,28,32)(H,29,31). The van der Waals surface area contributed by atoms with E-state index in [1.165, 1.54) is 30.6 Å². The van der Waals surface area contributed by atoms with E-state index in [0.29, 0.717) is 12.2 Å². The normalized spacial score (nSPS) is 15.7. The molecule has 2 N–H and O–H groups in total. The molecule has 3 aromatic rings. The van der Waals surface area contributed by atoms with Gasteiger partial charge in [0.05, 0.1) is 23.6 Å². The molecule has 1 aromatic heterocycles. The molecule has 1 unspecified atom stereocenters. The van der Waals surface area contributed by atoms with E-state index in [1.54, 1.807) is 7.11 Å². The van der Waals surface area contributed by atoms with Crippen LogP contribution in [-0.2, 0) is 19.6 Å². The van der Waals surface area contributed by atoms with Crippen LogP contribution in [-0.4, -0.2) is 50.4 Å². The van der Waals surface area contributed by atoms with E-state index in [4.69, 9.17) is 4.74 Å². The summed E-state index contributed by atoms with van der Waals surface area (Å²) < 4.78 is 31.3. The summed E-state index contributed by atoms with van der Waals surface area (Å²) in [6.45, 7) is 2.40. The van der Waals surface area contributed by atoms with Gasteiger partial charge in [0.15, 0.2) is 0 Å². The van der Waals surface area contributed by atoms with Crippen molar-refractivity contribution < 1.29 is 22.7 Å². The highest BCUT2D eigenvalue weighted by Gasteiger charge is 2.27. The number of hydrogen-bond donors (Lipinski definition) is 2. The van der Waals surface area contributed by atoms with Crippen LogP contribution >= 0.6 is 0 Å². The number of sulfonamides is 1. The van der Waals surface area contributed by atoms with Crippen LogP contribution in [0.25, 0.3) is 11.3 Å². The van der Waals surface area contributed by atoms with Crippen molar-refractivity contribution in [3.05, 3.63) is 60.9 Å². The quantitative estimate of drug-likeness (QED) is 0.497. The maximum absolute atomic E-state index is 13.0. The minimum absolute atomic E-state index is 0.0593. The second-order valence-corrected chi connectivity index (χ2v) is 10.1. The molecule has 2 aromatic carbocycles. The van der Waals surface area contributed by atoms with Crippen molar-refractivity contribution in [3.63, 3.8) is 0 Å². The highest BCUT2D eigenvalue weighted by atomic mass is 32.2. The summed E-state index contributed by atoms with van der Waals surface area (Å²) >= 11 is 0. The fraction of sp³-hybridized carbons (Fsp3) is 0.280. The molecule has 0 radical (unpaired) electrons. The summed E-state index contributed by atoms with van der Waals surface area (Å²) in [5, 5.41) is 2.86. The van der Waals surface area contributed by atoms with Crippen molar-refractivity contribution in [2.75, 3.05) is 30.4 Å². The van der Waals surface area contributed by atoms with E-state index in [1.807, 2.05) is 35.1 Å². The summed E-state index contributed by atoms with van der Waals surface area (Å²) in [6.07, 6.45) is 3.08. The second-order valence-electron chi connectivity index (χ2n) is 8.45. The predicted molar refractivity (Wildman–Crippen MR) is 135 cm³/mol. The Bertz CT molecular complexity index is 1340. The highest BCUT2D eigenvalue weighted by molar-refractivity contribution is 7.90. The van der Waals surface area contributed by atoms with Gasteiger partial charge in [0.2, 0.25) is 11.8 Å². The Hall–Kier alpha value is -3.99. The molecule has 188 valence electrons. The Balaban J connectivity index is 1.42. The lowest BCUT2D eigenvalue weighted by molar-refractivity contribution is -0.120. The predicted octanol–water partition coefficient (Wildman–Crippen LogP) is 2.83. The zero-order valence-corrected chi connectivity index (χ0v) is 20.8. The first kappa shape index (κ1) is 25.1. The lowest BCUT2D eigenvalue weighted by Crippen LogP contribution is -2.41. The largest absolute Gasteiger partial charge is 0.497 e. The molecule has 10 nitrogen and oxygen atoms in total. The van der Waals surface area contributed by atoms with E-state index >= 15 is 0 Å². The molecule has 2 heterocycles. The van der Waals surface area contributed by atoms with Crippen molar-refractivity contribution >= 4 is 33.3 Å². The molecule has 0 saturated carbocycles. The molecular weight excluding hydrogens is 482 g/mol. The van der Waals surface area contributed by atoms with Crippen molar-refractivity contribution in [1.29, 1.82) is 0 Å². The van der Waals surface area contributed by atoms with Gasteiger partial charge in [-0.3, -0.25) is 9.59 Å². The number of carbonyl (C=O) groups is 2. The molecular formula is C25H27N5O5S. The number of carbonyl (C=O) groups excluding carboxylic acids is 2. The second kappa shape index (κ2) is 10.7. The molecule has 1 fully saturated rings. The number of anilines is 2. The van der Waals surface area contributed by atoms with Gasteiger partial charge in [-0.2, -0.15) is 0 Å². The van der Waals surface area contributed by atoms with Crippen LogP contribution in [0.5, 0.6) is 5.75 Å².